The van der Waals surface area contributed by atoms with Crippen LogP contribution < -0.4 is 0 Å². The first-order chi connectivity index (χ1) is 11.7. The first kappa shape index (κ1) is 15.8. The second kappa shape index (κ2) is 6.30. The quantitative estimate of drug-likeness (QED) is 0.793. The second-order valence-electron chi connectivity index (χ2n) is 7.06. The maximum absolute atomic E-state index is 12.9. The maximum Gasteiger partial charge on any atom is 0.254 e. The van der Waals surface area contributed by atoms with Gasteiger partial charge in [0.1, 0.15) is 5.60 Å². The van der Waals surface area contributed by atoms with Crippen molar-refractivity contribution >= 4 is 11.7 Å². The van der Waals surface area contributed by atoms with Gasteiger partial charge in [0.25, 0.3) is 5.91 Å². The molecule has 2 heterocycles. The predicted octanol–water partition coefficient (Wildman–Crippen LogP) is 2.23. The molecule has 0 saturated carbocycles. The van der Waals surface area contributed by atoms with Gasteiger partial charge in [-0.05, 0) is 43.4 Å². The third-order valence-corrected chi connectivity index (χ3v) is 5.32. The average Bonchev–Trinajstić information content (AvgIpc) is 2.62. The standard InChI is InChI=1S/C19H23NO4/c21-17-4-1-3-14-11-15(5-6-16(14)17)18(22)20-8-10-24-19(12-20)7-2-9-23-13-19/h5-6,11H,1-4,7-10,12-13H2. The summed E-state index contributed by atoms with van der Waals surface area (Å²) in [6.07, 6.45) is 4.29. The van der Waals surface area contributed by atoms with Gasteiger partial charge in [0.15, 0.2) is 5.78 Å². The van der Waals surface area contributed by atoms with Crippen LogP contribution in [0.2, 0.25) is 0 Å². The Balaban J connectivity index is 1.54. The molecule has 5 heteroatoms. The van der Waals surface area contributed by atoms with Gasteiger partial charge in [0.2, 0.25) is 0 Å². The number of amides is 1. The SMILES string of the molecule is O=C1CCCc2cc(C(=O)N3CCOC4(CCCOC4)C3)ccc21. The number of Topliss-reactive ketones (excluding diaryl/α,β-unsaturated/α-hetero) is 1. The molecular formula is C19H23NO4. The van der Waals surface area contributed by atoms with Crippen LogP contribution >= 0.6 is 0 Å². The largest absolute Gasteiger partial charge is 0.378 e. The molecule has 1 unspecified atom stereocenters. The first-order valence-corrected chi connectivity index (χ1v) is 8.84. The number of carbonyl (C=O) groups excluding carboxylic acids is 2. The van der Waals surface area contributed by atoms with Crippen LogP contribution in [0.5, 0.6) is 0 Å². The number of morpholine rings is 1. The molecule has 5 nitrogen and oxygen atoms in total. The number of aryl methyl sites for hydroxylation is 1. The van der Waals surface area contributed by atoms with E-state index in [-0.39, 0.29) is 17.3 Å². The predicted molar refractivity (Wildman–Crippen MR) is 88.4 cm³/mol. The van der Waals surface area contributed by atoms with E-state index in [2.05, 4.69) is 0 Å². The van der Waals surface area contributed by atoms with Gasteiger partial charge in [0, 0.05) is 30.7 Å². The molecule has 128 valence electrons. The zero-order chi connectivity index (χ0) is 16.6. The Morgan fingerprint density at radius 2 is 2.08 bits per heavy atom. The summed E-state index contributed by atoms with van der Waals surface area (Å²) in [5, 5.41) is 0. The van der Waals surface area contributed by atoms with E-state index in [0.29, 0.717) is 38.3 Å². The van der Waals surface area contributed by atoms with Crippen LogP contribution in [0.4, 0.5) is 0 Å². The molecule has 0 radical (unpaired) electrons. The van der Waals surface area contributed by atoms with Crippen molar-refractivity contribution in [2.45, 2.75) is 37.7 Å². The van der Waals surface area contributed by atoms with Gasteiger partial charge in [-0.25, -0.2) is 0 Å². The summed E-state index contributed by atoms with van der Waals surface area (Å²) in [7, 11) is 0. The van der Waals surface area contributed by atoms with Crippen molar-refractivity contribution in [3.63, 3.8) is 0 Å². The number of ether oxygens (including phenoxy) is 2. The van der Waals surface area contributed by atoms with Crippen molar-refractivity contribution in [3.05, 3.63) is 34.9 Å². The number of ketones is 1. The molecule has 1 amide bonds. The summed E-state index contributed by atoms with van der Waals surface area (Å²) in [6, 6.07) is 5.53. The third-order valence-electron chi connectivity index (χ3n) is 5.32. The minimum absolute atomic E-state index is 0.0315. The van der Waals surface area contributed by atoms with Crippen molar-refractivity contribution in [2.24, 2.45) is 0 Å². The van der Waals surface area contributed by atoms with E-state index >= 15 is 0 Å². The van der Waals surface area contributed by atoms with Gasteiger partial charge >= 0.3 is 0 Å². The van der Waals surface area contributed by atoms with E-state index in [1.165, 1.54) is 0 Å². The van der Waals surface area contributed by atoms with Gasteiger partial charge in [-0.3, -0.25) is 9.59 Å². The lowest BCUT2D eigenvalue weighted by atomic mass is 9.89. The van der Waals surface area contributed by atoms with E-state index in [1.54, 1.807) is 6.07 Å². The zero-order valence-corrected chi connectivity index (χ0v) is 13.9. The Hall–Kier alpha value is -1.72. The van der Waals surface area contributed by atoms with Crippen molar-refractivity contribution in [2.75, 3.05) is 32.9 Å². The van der Waals surface area contributed by atoms with E-state index in [0.717, 1.165) is 43.4 Å². The molecular weight excluding hydrogens is 306 g/mol. The van der Waals surface area contributed by atoms with Crippen LogP contribution in [0.15, 0.2) is 18.2 Å². The lowest BCUT2D eigenvalue weighted by molar-refractivity contribution is -0.160. The lowest BCUT2D eigenvalue weighted by Gasteiger charge is -2.44. The Morgan fingerprint density at radius 1 is 1.17 bits per heavy atom. The topological polar surface area (TPSA) is 55.8 Å². The highest BCUT2D eigenvalue weighted by atomic mass is 16.5. The first-order valence-electron chi connectivity index (χ1n) is 8.84. The number of hydrogen-bond donors (Lipinski definition) is 0. The van der Waals surface area contributed by atoms with E-state index in [1.807, 2.05) is 17.0 Å². The molecule has 0 bridgehead atoms. The van der Waals surface area contributed by atoms with Gasteiger partial charge in [-0.2, -0.15) is 0 Å². The van der Waals surface area contributed by atoms with Gasteiger partial charge in [-0.15, -0.1) is 0 Å². The second-order valence-corrected chi connectivity index (χ2v) is 7.06. The van der Waals surface area contributed by atoms with Crippen LogP contribution in [0.1, 0.15) is 52.0 Å². The Morgan fingerprint density at radius 3 is 2.92 bits per heavy atom. The van der Waals surface area contributed by atoms with Crippen molar-refractivity contribution < 1.29 is 19.1 Å². The molecule has 2 fully saturated rings. The minimum Gasteiger partial charge on any atom is -0.378 e. The van der Waals surface area contributed by atoms with Crippen LogP contribution in [-0.2, 0) is 15.9 Å². The number of fused-ring (bicyclic) bond motifs is 1. The number of nitrogens with zero attached hydrogens (tertiary/aromatic N) is 1. The molecule has 0 aromatic heterocycles. The number of hydrogen-bond acceptors (Lipinski definition) is 4. The summed E-state index contributed by atoms with van der Waals surface area (Å²) >= 11 is 0. The van der Waals surface area contributed by atoms with Crippen molar-refractivity contribution in [3.8, 4) is 0 Å². The zero-order valence-electron chi connectivity index (χ0n) is 13.9. The molecule has 1 aromatic carbocycles. The fourth-order valence-electron chi connectivity index (χ4n) is 4.05. The van der Waals surface area contributed by atoms with E-state index in [9.17, 15) is 9.59 Å². The third kappa shape index (κ3) is 2.87. The van der Waals surface area contributed by atoms with Crippen LogP contribution in [0.3, 0.4) is 0 Å². The highest BCUT2D eigenvalue weighted by Gasteiger charge is 2.40. The maximum atomic E-state index is 12.9. The lowest BCUT2D eigenvalue weighted by Crippen LogP contribution is -2.57. The van der Waals surface area contributed by atoms with E-state index < -0.39 is 0 Å². The summed E-state index contributed by atoms with van der Waals surface area (Å²) in [5.41, 5.74) is 2.14. The number of benzene rings is 1. The monoisotopic (exact) mass is 329 g/mol. The van der Waals surface area contributed by atoms with Gasteiger partial charge in [-0.1, -0.05) is 6.07 Å². The van der Waals surface area contributed by atoms with Crippen LogP contribution in [0, 0.1) is 0 Å². The fourth-order valence-corrected chi connectivity index (χ4v) is 4.05. The Labute approximate surface area is 141 Å². The molecule has 24 heavy (non-hydrogen) atoms. The number of rotatable bonds is 1. The molecule has 0 N–H and O–H groups in total. The molecule has 2 saturated heterocycles. The average molecular weight is 329 g/mol. The summed E-state index contributed by atoms with van der Waals surface area (Å²) in [6.45, 7) is 3.09. The molecule has 1 spiro atoms. The molecule has 1 atom stereocenters. The van der Waals surface area contributed by atoms with Crippen LogP contribution in [0.25, 0.3) is 0 Å². The fraction of sp³-hybridized carbons (Fsp3) is 0.579. The Bertz CT molecular complexity index is 658. The highest BCUT2D eigenvalue weighted by Crippen LogP contribution is 2.29. The van der Waals surface area contributed by atoms with Gasteiger partial charge in [0.05, 0.1) is 19.8 Å². The molecule has 4 rings (SSSR count). The smallest absolute Gasteiger partial charge is 0.254 e. The van der Waals surface area contributed by atoms with Crippen molar-refractivity contribution in [1.29, 1.82) is 0 Å². The molecule has 3 aliphatic rings. The van der Waals surface area contributed by atoms with Crippen molar-refractivity contribution in [1.82, 2.24) is 4.90 Å². The molecule has 2 aliphatic heterocycles. The van der Waals surface area contributed by atoms with Crippen LogP contribution in [-0.4, -0.2) is 55.1 Å². The minimum atomic E-state index is -0.337. The van der Waals surface area contributed by atoms with Gasteiger partial charge < -0.3 is 14.4 Å². The molecule has 1 aliphatic carbocycles. The molecule has 1 aromatic rings. The normalized spacial score (nSPS) is 27.2. The summed E-state index contributed by atoms with van der Waals surface area (Å²) < 4.78 is 11.5. The highest BCUT2D eigenvalue weighted by molar-refractivity contribution is 6.01. The number of carbonyl (C=O) groups is 2. The summed E-state index contributed by atoms with van der Waals surface area (Å²) in [4.78, 5) is 26.8. The Kier molecular flexibility index (Phi) is 4.14. The van der Waals surface area contributed by atoms with E-state index in [4.69, 9.17) is 9.47 Å². The summed E-state index contributed by atoms with van der Waals surface area (Å²) in [5.74, 6) is 0.226.